The van der Waals surface area contributed by atoms with E-state index >= 15 is 0 Å². The third-order valence-corrected chi connectivity index (χ3v) is 7.24. The minimum Gasteiger partial charge on any atom is -0.378 e. The van der Waals surface area contributed by atoms with Crippen LogP contribution in [0, 0.1) is 0 Å². The molecule has 2 aromatic heterocycles. The number of H-pyrrole nitrogens is 1. The standard InChI is InChI=1S/C26H28N4O2S/c1-18(29(2)16-20-10-6-7-11-22(20)30-12-14-32-15-13-30)24-27-25(31)23-21(17-33-26(23)28-24)19-8-4-3-5-9-19/h3-11,17-18H,12-16H2,1-2H3,(H,27,28,31)/t18-/m1/s1. The van der Waals surface area contributed by atoms with Gasteiger partial charge in [0.1, 0.15) is 10.7 Å². The van der Waals surface area contributed by atoms with E-state index in [1.54, 1.807) is 0 Å². The molecular formula is C26H28N4O2S. The van der Waals surface area contributed by atoms with Crippen LogP contribution in [0.15, 0.2) is 64.8 Å². The van der Waals surface area contributed by atoms with E-state index in [2.05, 4.69) is 53.0 Å². The maximum atomic E-state index is 13.1. The Morgan fingerprint density at radius 1 is 1.12 bits per heavy atom. The fourth-order valence-corrected chi connectivity index (χ4v) is 5.32. The SMILES string of the molecule is C[C@H](c1nc2scc(-c3ccccc3)c2c(=O)[nH]1)N(C)Cc1ccccc1N1CCOCC1. The summed E-state index contributed by atoms with van der Waals surface area (Å²) in [7, 11) is 2.08. The summed E-state index contributed by atoms with van der Waals surface area (Å²) >= 11 is 1.52. The van der Waals surface area contributed by atoms with Crippen molar-refractivity contribution >= 4 is 27.2 Å². The summed E-state index contributed by atoms with van der Waals surface area (Å²) in [4.78, 5) is 26.4. The molecule has 2 aromatic carbocycles. The Labute approximate surface area is 197 Å². The number of aromatic amines is 1. The first-order valence-corrected chi connectivity index (χ1v) is 12.2. The zero-order valence-electron chi connectivity index (χ0n) is 19.0. The molecule has 0 unspecified atom stereocenters. The Balaban J connectivity index is 1.40. The van der Waals surface area contributed by atoms with E-state index in [9.17, 15) is 4.79 Å². The molecule has 0 radical (unpaired) electrons. The number of hydrogen-bond donors (Lipinski definition) is 1. The van der Waals surface area contributed by atoms with Crippen molar-refractivity contribution in [2.45, 2.75) is 19.5 Å². The molecule has 1 aliphatic heterocycles. The molecule has 3 heterocycles. The fraction of sp³-hybridized carbons (Fsp3) is 0.308. The van der Waals surface area contributed by atoms with E-state index in [0.717, 1.165) is 48.8 Å². The van der Waals surface area contributed by atoms with Crippen LogP contribution in [-0.4, -0.2) is 48.2 Å². The number of morpholine rings is 1. The maximum Gasteiger partial charge on any atom is 0.260 e. The van der Waals surface area contributed by atoms with Gasteiger partial charge in [0, 0.05) is 36.3 Å². The first-order valence-electron chi connectivity index (χ1n) is 11.3. The van der Waals surface area contributed by atoms with Gasteiger partial charge in [-0.25, -0.2) is 4.98 Å². The van der Waals surface area contributed by atoms with Crippen molar-refractivity contribution in [1.82, 2.24) is 14.9 Å². The molecule has 0 spiro atoms. The number of anilines is 1. The Bertz CT molecular complexity index is 1290. The van der Waals surface area contributed by atoms with Crippen LogP contribution in [0.25, 0.3) is 21.3 Å². The number of nitrogens with one attached hydrogen (secondary N) is 1. The minimum atomic E-state index is -0.0796. The average Bonchev–Trinajstić information content (AvgIpc) is 3.30. The van der Waals surface area contributed by atoms with Crippen LogP contribution in [0.4, 0.5) is 5.69 Å². The van der Waals surface area contributed by atoms with Crippen LogP contribution in [0.1, 0.15) is 24.4 Å². The normalized spacial score (nSPS) is 15.3. The molecule has 6 nitrogen and oxygen atoms in total. The molecule has 5 rings (SSSR count). The van der Waals surface area contributed by atoms with Crippen molar-refractivity contribution in [2.24, 2.45) is 0 Å². The second-order valence-electron chi connectivity index (χ2n) is 8.47. The van der Waals surface area contributed by atoms with Crippen molar-refractivity contribution in [1.29, 1.82) is 0 Å². The number of para-hydroxylation sites is 1. The Morgan fingerprint density at radius 3 is 2.64 bits per heavy atom. The largest absolute Gasteiger partial charge is 0.378 e. The van der Waals surface area contributed by atoms with Crippen LogP contribution in [-0.2, 0) is 11.3 Å². The lowest BCUT2D eigenvalue weighted by molar-refractivity contribution is 0.122. The number of hydrogen-bond acceptors (Lipinski definition) is 6. The Morgan fingerprint density at radius 2 is 1.85 bits per heavy atom. The van der Waals surface area contributed by atoms with E-state index in [0.29, 0.717) is 11.2 Å². The zero-order chi connectivity index (χ0) is 22.8. The van der Waals surface area contributed by atoms with Crippen molar-refractivity contribution in [3.63, 3.8) is 0 Å². The van der Waals surface area contributed by atoms with Crippen LogP contribution in [0.3, 0.4) is 0 Å². The van der Waals surface area contributed by atoms with Gasteiger partial charge >= 0.3 is 0 Å². The van der Waals surface area contributed by atoms with Crippen LogP contribution < -0.4 is 10.5 Å². The summed E-state index contributed by atoms with van der Waals surface area (Å²) < 4.78 is 5.52. The Kier molecular flexibility index (Phi) is 6.26. The molecule has 0 saturated carbocycles. The van der Waals surface area contributed by atoms with Crippen LogP contribution in [0.2, 0.25) is 0 Å². The highest BCUT2D eigenvalue weighted by Crippen LogP contribution is 2.32. The van der Waals surface area contributed by atoms with Crippen molar-refractivity contribution in [2.75, 3.05) is 38.3 Å². The van der Waals surface area contributed by atoms with Gasteiger partial charge in [0.25, 0.3) is 5.56 Å². The number of fused-ring (bicyclic) bond motifs is 1. The highest BCUT2D eigenvalue weighted by Gasteiger charge is 2.21. The molecule has 170 valence electrons. The summed E-state index contributed by atoms with van der Waals surface area (Å²) in [5, 5.41) is 2.70. The molecule has 1 atom stereocenters. The van der Waals surface area contributed by atoms with Crippen molar-refractivity contribution in [3.8, 4) is 11.1 Å². The number of nitrogens with zero attached hydrogens (tertiary/aromatic N) is 3. The Hall–Kier alpha value is -3.00. The van der Waals surface area contributed by atoms with Gasteiger partial charge in [0.2, 0.25) is 0 Å². The smallest absolute Gasteiger partial charge is 0.260 e. The number of benzene rings is 2. The highest BCUT2D eigenvalue weighted by molar-refractivity contribution is 7.17. The van der Waals surface area contributed by atoms with Gasteiger partial charge in [-0.15, -0.1) is 11.3 Å². The van der Waals surface area contributed by atoms with Crippen LogP contribution >= 0.6 is 11.3 Å². The quantitative estimate of drug-likeness (QED) is 0.453. The van der Waals surface area contributed by atoms with E-state index < -0.39 is 0 Å². The van der Waals surface area contributed by atoms with Crippen LogP contribution in [0.5, 0.6) is 0 Å². The lowest BCUT2D eigenvalue weighted by atomic mass is 10.1. The molecule has 33 heavy (non-hydrogen) atoms. The number of aromatic nitrogens is 2. The molecule has 4 aromatic rings. The molecule has 1 fully saturated rings. The number of ether oxygens (including phenoxy) is 1. The van der Waals surface area contributed by atoms with Gasteiger partial charge in [0.15, 0.2) is 0 Å². The molecule has 0 amide bonds. The number of rotatable bonds is 6. The first kappa shape index (κ1) is 21.8. The lowest BCUT2D eigenvalue weighted by Crippen LogP contribution is -2.37. The fourth-order valence-electron chi connectivity index (χ4n) is 4.37. The van der Waals surface area contributed by atoms with Gasteiger partial charge in [0.05, 0.1) is 24.6 Å². The molecule has 0 bridgehead atoms. The minimum absolute atomic E-state index is 0.0397. The summed E-state index contributed by atoms with van der Waals surface area (Å²) in [6.07, 6.45) is 0. The topological polar surface area (TPSA) is 61.5 Å². The molecule has 1 aliphatic rings. The van der Waals surface area contributed by atoms with E-state index in [1.165, 1.54) is 22.6 Å². The molecule has 7 heteroatoms. The summed E-state index contributed by atoms with van der Waals surface area (Å²) in [6.45, 7) is 6.19. The molecular weight excluding hydrogens is 432 g/mol. The number of thiophene rings is 1. The van der Waals surface area contributed by atoms with Crippen molar-refractivity contribution in [3.05, 3.63) is 81.7 Å². The second-order valence-corrected chi connectivity index (χ2v) is 9.32. The second kappa shape index (κ2) is 9.47. The molecule has 1 N–H and O–H groups in total. The monoisotopic (exact) mass is 460 g/mol. The van der Waals surface area contributed by atoms with E-state index in [4.69, 9.17) is 9.72 Å². The average molecular weight is 461 g/mol. The maximum absolute atomic E-state index is 13.1. The molecule has 1 saturated heterocycles. The molecule has 0 aliphatic carbocycles. The predicted molar refractivity (Wildman–Crippen MR) is 135 cm³/mol. The summed E-state index contributed by atoms with van der Waals surface area (Å²) in [5.74, 6) is 0.695. The van der Waals surface area contributed by atoms with E-state index in [-0.39, 0.29) is 11.6 Å². The third kappa shape index (κ3) is 4.44. The van der Waals surface area contributed by atoms with E-state index in [1.807, 2.05) is 35.7 Å². The van der Waals surface area contributed by atoms with Gasteiger partial charge in [-0.05, 0) is 31.2 Å². The lowest BCUT2D eigenvalue weighted by Gasteiger charge is -2.32. The van der Waals surface area contributed by atoms with Crippen molar-refractivity contribution < 1.29 is 4.74 Å². The van der Waals surface area contributed by atoms with Gasteiger partial charge < -0.3 is 14.6 Å². The first-order chi connectivity index (χ1) is 16.1. The zero-order valence-corrected chi connectivity index (χ0v) is 19.8. The summed E-state index contributed by atoms with van der Waals surface area (Å²) in [5.41, 5.74) is 4.41. The third-order valence-electron chi connectivity index (χ3n) is 6.37. The van der Waals surface area contributed by atoms with Gasteiger partial charge in [-0.1, -0.05) is 48.5 Å². The highest BCUT2D eigenvalue weighted by atomic mass is 32.1. The summed E-state index contributed by atoms with van der Waals surface area (Å²) in [6, 6.07) is 18.5. The predicted octanol–water partition coefficient (Wildman–Crippen LogP) is 4.68. The van der Waals surface area contributed by atoms with Gasteiger partial charge in [-0.3, -0.25) is 9.69 Å². The van der Waals surface area contributed by atoms with Gasteiger partial charge in [-0.2, -0.15) is 0 Å².